The van der Waals surface area contributed by atoms with Crippen LogP contribution < -0.4 is 10.6 Å². The van der Waals surface area contributed by atoms with Gasteiger partial charge in [0.15, 0.2) is 0 Å². The summed E-state index contributed by atoms with van der Waals surface area (Å²) in [6.07, 6.45) is 0.955. The molecule has 1 aromatic heterocycles. The molecular formula is C11H18N4OS. The highest BCUT2D eigenvalue weighted by molar-refractivity contribution is 7.09. The lowest BCUT2D eigenvalue weighted by molar-refractivity contribution is 0.217. The summed E-state index contributed by atoms with van der Waals surface area (Å²) in [6, 6.07) is 0.0573. The van der Waals surface area contributed by atoms with E-state index in [1.165, 1.54) is 0 Å². The van der Waals surface area contributed by atoms with Gasteiger partial charge in [-0.3, -0.25) is 0 Å². The molecule has 1 aromatic rings. The first kappa shape index (κ1) is 12.3. The molecule has 2 N–H and O–H groups in total. The Balaban J connectivity index is 1.56. The van der Waals surface area contributed by atoms with E-state index in [4.69, 9.17) is 0 Å². The molecule has 0 bridgehead atoms. The van der Waals surface area contributed by atoms with Crippen LogP contribution in [0, 0.1) is 6.92 Å². The van der Waals surface area contributed by atoms with E-state index in [9.17, 15) is 4.79 Å². The molecule has 5 nitrogen and oxygen atoms in total. The Kier molecular flexibility index (Phi) is 4.33. The second kappa shape index (κ2) is 5.97. The van der Waals surface area contributed by atoms with Gasteiger partial charge in [0.05, 0.1) is 10.7 Å². The van der Waals surface area contributed by atoms with Crippen molar-refractivity contribution in [1.29, 1.82) is 0 Å². The number of hydrogen-bond acceptors (Lipinski definition) is 4. The van der Waals surface area contributed by atoms with Crippen LogP contribution in [-0.4, -0.2) is 48.6 Å². The summed E-state index contributed by atoms with van der Waals surface area (Å²) >= 11 is 1.69. The van der Waals surface area contributed by atoms with E-state index in [-0.39, 0.29) is 6.03 Å². The van der Waals surface area contributed by atoms with Crippen LogP contribution in [0.5, 0.6) is 0 Å². The zero-order valence-electron chi connectivity index (χ0n) is 10.0. The summed E-state index contributed by atoms with van der Waals surface area (Å²) in [4.78, 5) is 17.5. The van der Waals surface area contributed by atoms with E-state index in [0.717, 1.165) is 49.8 Å². The van der Waals surface area contributed by atoms with Crippen LogP contribution >= 0.6 is 11.3 Å². The Hall–Kier alpha value is -1.14. The second-order valence-electron chi connectivity index (χ2n) is 4.08. The molecule has 0 atom stereocenters. The maximum Gasteiger partial charge on any atom is 0.317 e. The van der Waals surface area contributed by atoms with Crippen LogP contribution in [0.4, 0.5) is 4.79 Å². The highest BCUT2D eigenvalue weighted by Gasteiger charge is 2.17. The number of nitrogens with zero attached hydrogens (tertiary/aromatic N) is 2. The van der Waals surface area contributed by atoms with Gasteiger partial charge in [0, 0.05) is 44.5 Å². The van der Waals surface area contributed by atoms with Crippen molar-refractivity contribution in [3.8, 4) is 0 Å². The zero-order valence-corrected chi connectivity index (χ0v) is 10.8. The van der Waals surface area contributed by atoms with Crippen molar-refractivity contribution in [2.45, 2.75) is 13.3 Å². The van der Waals surface area contributed by atoms with Crippen molar-refractivity contribution in [2.24, 2.45) is 0 Å². The van der Waals surface area contributed by atoms with Crippen molar-refractivity contribution in [3.63, 3.8) is 0 Å². The molecule has 17 heavy (non-hydrogen) atoms. The zero-order chi connectivity index (χ0) is 12.1. The minimum absolute atomic E-state index is 0.0573. The van der Waals surface area contributed by atoms with Crippen molar-refractivity contribution in [3.05, 3.63) is 16.1 Å². The standard InChI is InChI=1S/C11H18N4OS/c1-9-14-10(8-17-9)2-3-12-4-6-15-7-5-13-11(15)16/h8,12H,2-7H2,1H3,(H,13,16). The minimum Gasteiger partial charge on any atom is -0.336 e. The van der Waals surface area contributed by atoms with Crippen LogP contribution in [-0.2, 0) is 6.42 Å². The number of urea groups is 1. The SMILES string of the molecule is Cc1nc(CCNCCN2CCNC2=O)cs1. The van der Waals surface area contributed by atoms with Gasteiger partial charge in [0.25, 0.3) is 0 Å². The number of aromatic nitrogens is 1. The molecule has 0 unspecified atom stereocenters. The molecule has 2 heterocycles. The normalized spacial score (nSPS) is 15.4. The number of aryl methyl sites for hydroxylation is 1. The number of carbonyl (C=O) groups excluding carboxylic acids is 1. The lowest BCUT2D eigenvalue weighted by Crippen LogP contribution is -2.35. The van der Waals surface area contributed by atoms with Gasteiger partial charge in [0.2, 0.25) is 0 Å². The average Bonchev–Trinajstić information content (AvgIpc) is 2.88. The van der Waals surface area contributed by atoms with Crippen molar-refractivity contribution >= 4 is 17.4 Å². The third kappa shape index (κ3) is 3.67. The van der Waals surface area contributed by atoms with Gasteiger partial charge in [-0.15, -0.1) is 11.3 Å². The Labute approximate surface area is 105 Å². The van der Waals surface area contributed by atoms with Gasteiger partial charge in [-0.1, -0.05) is 0 Å². The predicted molar refractivity (Wildman–Crippen MR) is 68.4 cm³/mol. The summed E-state index contributed by atoms with van der Waals surface area (Å²) in [6.45, 7) is 6.16. The van der Waals surface area contributed by atoms with Crippen molar-refractivity contribution < 1.29 is 4.79 Å². The lowest BCUT2D eigenvalue weighted by atomic mass is 10.3. The van der Waals surface area contributed by atoms with E-state index >= 15 is 0 Å². The molecule has 6 heteroatoms. The van der Waals surface area contributed by atoms with E-state index in [1.54, 1.807) is 11.3 Å². The molecule has 2 rings (SSSR count). The number of carbonyl (C=O) groups is 1. The summed E-state index contributed by atoms with van der Waals surface area (Å²) in [5.41, 5.74) is 1.15. The molecule has 2 amide bonds. The Morgan fingerprint density at radius 1 is 1.59 bits per heavy atom. The third-order valence-electron chi connectivity index (χ3n) is 2.73. The van der Waals surface area contributed by atoms with Gasteiger partial charge in [-0.25, -0.2) is 9.78 Å². The molecule has 94 valence electrons. The fourth-order valence-corrected chi connectivity index (χ4v) is 2.45. The summed E-state index contributed by atoms with van der Waals surface area (Å²) in [7, 11) is 0. The molecular weight excluding hydrogens is 236 g/mol. The van der Waals surface area contributed by atoms with E-state index < -0.39 is 0 Å². The molecule has 1 fully saturated rings. The van der Waals surface area contributed by atoms with Gasteiger partial charge >= 0.3 is 6.03 Å². The summed E-state index contributed by atoms with van der Waals surface area (Å²) in [5.74, 6) is 0. The highest BCUT2D eigenvalue weighted by Crippen LogP contribution is 2.07. The van der Waals surface area contributed by atoms with Crippen LogP contribution in [0.25, 0.3) is 0 Å². The predicted octanol–water partition coefficient (Wildman–Crippen LogP) is 0.609. The van der Waals surface area contributed by atoms with Gasteiger partial charge in [-0.05, 0) is 6.92 Å². The van der Waals surface area contributed by atoms with E-state index in [1.807, 2.05) is 11.8 Å². The monoisotopic (exact) mass is 254 g/mol. The number of rotatable bonds is 6. The molecule has 0 spiro atoms. The Morgan fingerprint density at radius 3 is 3.12 bits per heavy atom. The molecule has 1 aliphatic heterocycles. The topological polar surface area (TPSA) is 57.3 Å². The number of nitrogens with one attached hydrogen (secondary N) is 2. The molecule has 1 aliphatic rings. The molecule has 0 saturated carbocycles. The number of thiazole rings is 1. The fraction of sp³-hybridized carbons (Fsp3) is 0.636. The first-order chi connectivity index (χ1) is 8.25. The van der Waals surface area contributed by atoms with Crippen LogP contribution in [0.3, 0.4) is 0 Å². The lowest BCUT2D eigenvalue weighted by Gasteiger charge is -2.13. The number of hydrogen-bond donors (Lipinski definition) is 2. The molecule has 1 saturated heterocycles. The Morgan fingerprint density at radius 2 is 2.47 bits per heavy atom. The third-order valence-corrected chi connectivity index (χ3v) is 3.55. The summed E-state index contributed by atoms with van der Waals surface area (Å²) in [5, 5.41) is 9.34. The van der Waals surface area contributed by atoms with Crippen molar-refractivity contribution in [2.75, 3.05) is 32.7 Å². The summed E-state index contributed by atoms with van der Waals surface area (Å²) < 4.78 is 0. The molecule has 0 radical (unpaired) electrons. The quantitative estimate of drug-likeness (QED) is 0.731. The fourth-order valence-electron chi connectivity index (χ4n) is 1.80. The van der Waals surface area contributed by atoms with Crippen LogP contribution in [0.1, 0.15) is 10.7 Å². The van der Waals surface area contributed by atoms with E-state index in [0.29, 0.717) is 0 Å². The largest absolute Gasteiger partial charge is 0.336 e. The van der Waals surface area contributed by atoms with Crippen molar-refractivity contribution in [1.82, 2.24) is 20.5 Å². The van der Waals surface area contributed by atoms with E-state index in [2.05, 4.69) is 21.0 Å². The molecule has 0 aromatic carbocycles. The smallest absolute Gasteiger partial charge is 0.317 e. The van der Waals surface area contributed by atoms with Gasteiger partial charge < -0.3 is 15.5 Å². The van der Waals surface area contributed by atoms with Crippen LogP contribution in [0.2, 0.25) is 0 Å². The van der Waals surface area contributed by atoms with Gasteiger partial charge in [-0.2, -0.15) is 0 Å². The maximum atomic E-state index is 11.2. The first-order valence-electron chi connectivity index (χ1n) is 5.90. The van der Waals surface area contributed by atoms with Crippen LogP contribution in [0.15, 0.2) is 5.38 Å². The molecule has 0 aliphatic carbocycles. The first-order valence-corrected chi connectivity index (χ1v) is 6.78. The Bertz CT molecular complexity index is 379. The van der Waals surface area contributed by atoms with Gasteiger partial charge in [0.1, 0.15) is 0 Å². The average molecular weight is 254 g/mol. The maximum absolute atomic E-state index is 11.2. The number of amides is 2. The minimum atomic E-state index is 0.0573. The second-order valence-corrected chi connectivity index (χ2v) is 5.14. The highest BCUT2D eigenvalue weighted by atomic mass is 32.1.